The number of nitrogens with one attached hydrogen (secondary N) is 4. The zero-order valence-electron chi connectivity index (χ0n) is 30.2. The summed E-state index contributed by atoms with van der Waals surface area (Å²) in [5, 5.41) is 20.2. The second-order valence-electron chi connectivity index (χ2n) is 13.8. The summed E-state index contributed by atoms with van der Waals surface area (Å²) in [6.45, 7) is 0. The predicted octanol–water partition coefficient (Wildman–Crippen LogP) is 2.17. The van der Waals surface area contributed by atoms with Crippen LogP contribution in [0.2, 0.25) is 0 Å². The smallest absolute Gasteiger partial charge is 0.326 e. The van der Waals surface area contributed by atoms with Gasteiger partial charge in [0.25, 0.3) is 0 Å². The van der Waals surface area contributed by atoms with Gasteiger partial charge in [-0.2, -0.15) is 0 Å². The summed E-state index contributed by atoms with van der Waals surface area (Å²) in [6, 6.07) is 13.7. The Bertz CT molecular complexity index is 1520. The van der Waals surface area contributed by atoms with Crippen LogP contribution in [-0.4, -0.2) is 70.7 Å². The number of carbonyl (C=O) groups excluding carboxylic acids is 6. The highest BCUT2D eigenvalue weighted by Gasteiger charge is 2.30. The first-order chi connectivity index (χ1) is 25.4. The summed E-state index contributed by atoms with van der Waals surface area (Å²) in [6.07, 6.45) is 7.86. The van der Waals surface area contributed by atoms with Gasteiger partial charge in [0.05, 0.1) is 6.42 Å². The van der Waals surface area contributed by atoms with Crippen molar-refractivity contribution in [3.63, 3.8) is 0 Å². The van der Waals surface area contributed by atoms with Gasteiger partial charge in [-0.05, 0) is 36.3 Å². The lowest BCUT2D eigenvalue weighted by Gasteiger charge is -2.24. The first-order valence-electron chi connectivity index (χ1n) is 18.5. The van der Waals surface area contributed by atoms with Crippen LogP contribution in [0, 0.1) is 5.92 Å². The molecule has 288 valence electrons. The molecule has 4 atom stereocenters. The molecule has 0 heterocycles. The van der Waals surface area contributed by atoms with E-state index in [1.165, 1.54) is 0 Å². The van der Waals surface area contributed by atoms with Gasteiger partial charge in [0.2, 0.25) is 35.4 Å². The average molecular weight is 735 g/mol. The molecule has 53 heavy (non-hydrogen) atoms. The van der Waals surface area contributed by atoms with Crippen LogP contribution in [0.15, 0.2) is 60.7 Å². The number of unbranched alkanes of at least 4 members (excludes halogenated alkanes) is 4. The van der Waals surface area contributed by atoms with Crippen molar-refractivity contribution in [2.24, 2.45) is 17.4 Å². The quantitative estimate of drug-likeness (QED) is 0.0787. The van der Waals surface area contributed by atoms with Crippen molar-refractivity contribution < 1.29 is 38.7 Å². The van der Waals surface area contributed by atoms with Crippen molar-refractivity contribution in [3.8, 4) is 0 Å². The fourth-order valence-corrected chi connectivity index (χ4v) is 6.52. The van der Waals surface area contributed by atoms with Crippen LogP contribution in [0.4, 0.5) is 0 Å². The third-order valence-electron chi connectivity index (χ3n) is 9.40. The van der Waals surface area contributed by atoms with Gasteiger partial charge in [0.15, 0.2) is 0 Å². The van der Waals surface area contributed by atoms with Crippen LogP contribution in [-0.2, 0) is 46.4 Å². The predicted molar refractivity (Wildman–Crippen MR) is 198 cm³/mol. The van der Waals surface area contributed by atoms with Crippen LogP contribution < -0.4 is 32.7 Å². The molecule has 1 aliphatic rings. The van der Waals surface area contributed by atoms with Gasteiger partial charge in [-0.1, -0.05) is 106 Å². The van der Waals surface area contributed by atoms with Crippen molar-refractivity contribution in [2.75, 3.05) is 0 Å². The molecule has 0 radical (unpaired) electrons. The van der Waals surface area contributed by atoms with Crippen LogP contribution >= 0.6 is 0 Å². The van der Waals surface area contributed by atoms with Gasteiger partial charge in [0, 0.05) is 25.7 Å². The molecule has 0 unspecified atom stereocenters. The number of carboxylic acid groups (broad SMARTS) is 1. The van der Waals surface area contributed by atoms with Crippen LogP contribution in [0.1, 0.15) is 94.6 Å². The molecule has 6 amide bonds. The Kier molecular flexibility index (Phi) is 18.0. The maximum atomic E-state index is 13.3. The number of hydrogen-bond donors (Lipinski definition) is 7. The Hall–Kier alpha value is -5.27. The summed E-state index contributed by atoms with van der Waals surface area (Å²) in [5.41, 5.74) is 12.5. The molecule has 3 rings (SSSR count). The Labute approximate surface area is 310 Å². The molecule has 14 nitrogen and oxygen atoms in total. The van der Waals surface area contributed by atoms with Gasteiger partial charge in [-0.15, -0.1) is 0 Å². The van der Waals surface area contributed by atoms with Gasteiger partial charge >= 0.3 is 5.97 Å². The average Bonchev–Trinajstić information content (AvgIpc) is 3.64. The maximum Gasteiger partial charge on any atom is 0.326 e. The van der Waals surface area contributed by atoms with Crippen LogP contribution in [0.25, 0.3) is 0 Å². The number of primary amides is 2. The Morgan fingerprint density at radius 2 is 1.06 bits per heavy atom. The molecule has 1 aliphatic carbocycles. The molecule has 1 saturated carbocycles. The number of nitrogens with two attached hydrogens (primary N) is 2. The fraction of sp³-hybridized carbons (Fsp3) is 0.513. The SMILES string of the molecule is NC(=O)C[C@H](NC(=O)CCCCCCCC(=O)N[C@@H](CC1CCCC1)C(=O)N[C@@H](Cc1ccccc1)C(N)=O)C(=O)N[C@@H](Cc1ccccc1)C(=O)O. The molecule has 9 N–H and O–H groups in total. The minimum Gasteiger partial charge on any atom is -0.480 e. The fourth-order valence-electron chi connectivity index (χ4n) is 6.52. The first-order valence-corrected chi connectivity index (χ1v) is 18.5. The van der Waals surface area contributed by atoms with E-state index in [1.807, 2.05) is 30.3 Å². The van der Waals surface area contributed by atoms with Crippen molar-refractivity contribution in [3.05, 3.63) is 71.8 Å². The number of hydrogen-bond acceptors (Lipinski definition) is 7. The Morgan fingerprint density at radius 3 is 1.55 bits per heavy atom. The van der Waals surface area contributed by atoms with E-state index < -0.39 is 66.1 Å². The molecular weight excluding hydrogens is 680 g/mol. The van der Waals surface area contributed by atoms with Gasteiger partial charge in [-0.3, -0.25) is 28.8 Å². The van der Waals surface area contributed by atoms with Gasteiger partial charge in [0.1, 0.15) is 24.2 Å². The van der Waals surface area contributed by atoms with Gasteiger partial charge < -0.3 is 37.8 Å². The minimum absolute atomic E-state index is 0.0176. The van der Waals surface area contributed by atoms with E-state index in [0.717, 1.165) is 37.7 Å². The zero-order chi connectivity index (χ0) is 38.6. The number of carbonyl (C=O) groups is 7. The Balaban J connectivity index is 1.40. The number of carboxylic acids is 1. The second kappa shape index (κ2) is 22.6. The van der Waals surface area contributed by atoms with E-state index >= 15 is 0 Å². The summed E-state index contributed by atoms with van der Waals surface area (Å²) >= 11 is 0. The Morgan fingerprint density at radius 1 is 0.604 bits per heavy atom. The second-order valence-corrected chi connectivity index (χ2v) is 13.8. The monoisotopic (exact) mass is 734 g/mol. The number of benzene rings is 2. The lowest BCUT2D eigenvalue weighted by Crippen LogP contribution is -2.54. The highest BCUT2D eigenvalue weighted by molar-refractivity contribution is 5.94. The van der Waals surface area contributed by atoms with Crippen molar-refractivity contribution in [1.29, 1.82) is 0 Å². The highest BCUT2D eigenvalue weighted by Crippen LogP contribution is 2.28. The molecule has 1 fully saturated rings. The lowest BCUT2D eigenvalue weighted by molar-refractivity contribution is -0.142. The molecule has 2 aromatic rings. The lowest BCUT2D eigenvalue weighted by atomic mass is 9.97. The van der Waals surface area contributed by atoms with Crippen LogP contribution in [0.5, 0.6) is 0 Å². The molecule has 0 saturated heterocycles. The molecular formula is C39H54N6O8. The zero-order valence-corrected chi connectivity index (χ0v) is 30.2. The highest BCUT2D eigenvalue weighted by atomic mass is 16.4. The molecule has 14 heteroatoms. The van der Waals surface area contributed by atoms with Crippen molar-refractivity contribution >= 4 is 41.4 Å². The van der Waals surface area contributed by atoms with E-state index in [1.54, 1.807) is 30.3 Å². The third-order valence-corrected chi connectivity index (χ3v) is 9.40. The van der Waals surface area contributed by atoms with Crippen molar-refractivity contribution in [2.45, 2.75) is 120 Å². The molecule has 0 aromatic heterocycles. The maximum absolute atomic E-state index is 13.3. The standard InChI is InChI=1S/C39H54N6O8/c40-33(46)25-31(38(51)45-32(39(52)53)24-28-16-8-5-9-17-28)43-35(48)21-11-3-1-2-10-20-34(47)42-30(23-27-18-12-13-19-27)37(50)44-29(36(41)49)22-26-14-6-4-7-15-26/h4-9,14-17,27,29-32H,1-3,10-13,18-25H2,(H2,40,46)(H2,41,49)(H,42,47)(H,43,48)(H,44,50)(H,45,51)(H,52,53)/t29-,30-,31-,32-/m0/s1. The van der Waals surface area contributed by atoms with E-state index in [4.69, 9.17) is 11.5 Å². The largest absolute Gasteiger partial charge is 0.480 e. The van der Waals surface area contributed by atoms with Gasteiger partial charge in [-0.25, -0.2) is 4.79 Å². The topological polar surface area (TPSA) is 240 Å². The molecule has 2 aromatic carbocycles. The summed E-state index contributed by atoms with van der Waals surface area (Å²) in [5.74, 6) is -4.40. The molecule has 0 bridgehead atoms. The molecule has 0 spiro atoms. The van der Waals surface area contributed by atoms with E-state index in [9.17, 15) is 38.7 Å². The van der Waals surface area contributed by atoms with Crippen LogP contribution in [0.3, 0.4) is 0 Å². The normalized spacial score (nSPS) is 14.9. The number of amides is 6. The first kappa shape index (κ1) is 42.1. The number of rotatable bonds is 24. The number of aliphatic carboxylic acids is 1. The summed E-state index contributed by atoms with van der Waals surface area (Å²) < 4.78 is 0. The van der Waals surface area contributed by atoms with E-state index in [-0.39, 0.29) is 31.6 Å². The van der Waals surface area contributed by atoms with E-state index in [2.05, 4.69) is 21.3 Å². The third kappa shape index (κ3) is 16.3. The van der Waals surface area contributed by atoms with E-state index in [0.29, 0.717) is 43.6 Å². The molecule has 0 aliphatic heterocycles. The van der Waals surface area contributed by atoms with Crippen molar-refractivity contribution in [1.82, 2.24) is 21.3 Å². The summed E-state index contributed by atoms with van der Waals surface area (Å²) in [4.78, 5) is 87.4. The summed E-state index contributed by atoms with van der Waals surface area (Å²) in [7, 11) is 0. The minimum atomic E-state index is -1.32.